The van der Waals surface area contributed by atoms with Crippen LogP contribution in [0.2, 0.25) is 0 Å². The van der Waals surface area contributed by atoms with Crippen molar-refractivity contribution in [2.45, 2.75) is 43.3 Å². The monoisotopic (exact) mass is 356 g/mol. The van der Waals surface area contributed by atoms with Gasteiger partial charge in [-0.1, -0.05) is 20.8 Å². The van der Waals surface area contributed by atoms with Gasteiger partial charge in [-0.25, -0.2) is 13.1 Å². The first-order chi connectivity index (χ1) is 10.7. The van der Waals surface area contributed by atoms with Crippen molar-refractivity contribution >= 4 is 33.4 Å². The lowest BCUT2D eigenvalue weighted by atomic mass is 10.3. The summed E-state index contributed by atoms with van der Waals surface area (Å²) < 4.78 is 27.2. The van der Waals surface area contributed by atoms with E-state index < -0.39 is 10.0 Å². The molecule has 1 N–H and O–H groups in total. The molecular formula is C16H24N2O3S2. The highest BCUT2D eigenvalue weighted by Crippen LogP contribution is 2.24. The molecule has 128 valence electrons. The molecule has 5 nitrogen and oxygen atoms in total. The highest BCUT2D eigenvalue weighted by Gasteiger charge is 2.22. The number of rotatable bonds is 6. The van der Waals surface area contributed by atoms with E-state index in [1.807, 2.05) is 0 Å². The van der Waals surface area contributed by atoms with Gasteiger partial charge in [0.2, 0.25) is 15.9 Å². The summed E-state index contributed by atoms with van der Waals surface area (Å²) in [4.78, 5) is 13.6. The van der Waals surface area contributed by atoms with Crippen molar-refractivity contribution in [2.75, 3.05) is 23.7 Å². The van der Waals surface area contributed by atoms with Crippen LogP contribution in [0.25, 0.3) is 0 Å². The van der Waals surface area contributed by atoms with E-state index in [1.54, 1.807) is 40.9 Å². The van der Waals surface area contributed by atoms with E-state index in [-0.39, 0.29) is 15.5 Å². The smallest absolute Gasteiger partial charge is 0.240 e. The number of hydrogen-bond donors (Lipinski definition) is 1. The average Bonchev–Trinajstić information content (AvgIpc) is 2.89. The van der Waals surface area contributed by atoms with Gasteiger partial charge in [-0.15, -0.1) is 0 Å². The molecule has 1 amide bonds. The molecule has 0 saturated carbocycles. The Morgan fingerprint density at radius 2 is 1.87 bits per heavy atom. The summed E-state index contributed by atoms with van der Waals surface area (Å²) in [6.07, 6.45) is 1.42. The van der Waals surface area contributed by atoms with E-state index in [9.17, 15) is 13.2 Å². The van der Waals surface area contributed by atoms with Gasteiger partial charge in [0.25, 0.3) is 0 Å². The number of carbonyl (C=O) groups excluding carboxylic acids is 1. The molecule has 0 bridgehead atoms. The van der Waals surface area contributed by atoms with Gasteiger partial charge in [-0.2, -0.15) is 11.8 Å². The van der Waals surface area contributed by atoms with Gasteiger partial charge < -0.3 is 4.90 Å². The van der Waals surface area contributed by atoms with E-state index in [4.69, 9.17) is 0 Å². The molecule has 0 radical (unpaired) electrons. The number of anilines is 1. The van der Waals surface area contributed by atoms with Crippen LogP contribution < -0.4 is 9.62 Å². The molecule has 23 heavy (non-hydrogen) atoms. The Morgan fingerprint density at radius 1 is 1.22 bits per heavy atom. The molecule has 2 rings (SSSR count). The van der Waals surface area contributed by atoms with Crippen LogP contribution in [0.5, 0.6) is 0 Å². The van der Waals surface area contributed by atoms with Gasteiger partial charge in [0.05, 0.1) is 4.90 Å². The van der Waals surface area contributed by atoms with E-state index in [1.165, 1.54) is 0 Å². The first-order valence-corrected chi connectivity index (χ1v) is 10.2. The number of benzene rings is 1. The molecule has 7 heteroatoms. The summed E-state index contributed by atoms with van der Waals surface area (Å²) in [6, 6.07) is 6.50. The Bertz CT molecular complexity index is 649. The number of hydrogen-bond acceptors (Lipinski definition) is 4. The van der Waals surface area contributed by atoms with Gasteiger partial charge in [0.1, 0.15) is 0 Å². The maximum absolute atomic E-state index is 12.3. The molecular weight excluding hydrogens is 332 g/mol. The van der Waals surface area contributed by atoms with Crippen LogP contribution in [0, 0.1) is 0 Å². The third kappa shape index (κ3) is 5.22. The number of amides is 1. The summed E-state index contributed by atoms with van der Waals surface area (Å²) in [5.74, 6) is 0.821. The fourth-order valence-corrected chi connectivity index (χ4v) is 4.32. The highest BCUT2D eigenvalue weighted by molar-refractivity contribution is 8.00. The molecule has 0 aromatic heterocycles. The Balaban J connectivity index is 1.96. The number of carbonyl (C=O) groups is 1. The molecule has 1 aromatic rings. The van der Waals surface area contributed by atoms with Crippen molar-refractivity contribution < 1.29 is 13.2 Å². The van der Waals surface area contributed by atoms with Gasteiger partial charge >= 0.3 is 0 Å². The predicted molar refractivity (Wildman–Crippen MR) is 95.4 cm³/mol. The predicted octanol–water partition coefficient (Wildman–Crippen LogP) is 2.62. The van der Waals surface area contributed by atoms with Crippen LogP contribution in [-0.4, -0.2) is 37.9 Å². The van der Waals surface area contributed by atoms with Crippen molar-refractivity contribution in [3.8, 4) is 0 Å². The summed E-state index contributed by atoms with van der Waals surface area (Å²) in [5.41, 5.74) is 0.759. The standard InChI is InChI=1S/C16H24N2O3S2/c1-16(2,3)22-12-10-17-23(20,21)14-8-6-13(7-9-14)18-11-4-5-15(18)19/h6-9,17H,4-5,10-12H2,1-3H3. The lowest BCUT2D eigenvalue weighted by molar-refractivity contribution is -0.117. The highest BCUT2D eigenvalue weighted by atomic mass is 32.2. The van der Waals surface area contributed by atoms with Crippen LogP contribution in [0.3, 0.4) is 0 Å². The minimum Gasteiger partial charge on any atom is -0.312 e. The minimum atomic E-state index is -3.50. The lowest BCUT2D eigenvalue weighted by Crippen LogP contribution is -2.27. The van der Waals surface area contributed by atoms with Gasteiger partial charge in [-0.05, 0) is 30.7 Å². The summed E-state index contributed by atoms with van der Waals surface area (Å²) in [5, 5.41) is 0. The van der Waals surface area contributed by atoms with Crippen molar-refractivity contribution in [2.24, 2.45) is 0 Å². The van der Waals surface area contributed by atoms with Crippen LogP contribution in [0.1, 0.15) is 33.6 Å². The second-order valence-corrected chi connectivity index (χ2v) is 10.2. The fourth-order valence-electron chi connectivity index (χ4n) is 2.34. The zero-order valence-corrected chi connectivity index (χ0v) is 15.5. The zero-order chi connectivity index (χ0) is 17.1. The van der Waals surface area contributed by atoms with Crippen molar-refractivity contribution in [3.05, 3.63) is 24.3 Å². The molecule has 0 atom stereocenters. The topological polar surface area (TPSA) is 66.5 Å². The second-order valence-electron chi connectivity index (χ2n) is 6.50. The van der Waals surface area contributed by atoms with Gasteiger partial charge in [-0.3, -0.25) is 4.79 Å². The maximum Gasteiger partial charge on any atom is 0.240 e. The number of thioether (sulfide) groups is 1. The third-order valence-electron chi connectivity index (χ3n) is 3.46. The van der Waals surface area contributed by atoms with Gasteiger partial charge in [0.15, 0.2) is 0 Å². The normalized spacial score (nSPS) is 16.1. The Kier molecular flexibility index (Phi) is 5.75. The molecule has 1 heterocycles. The SMILES string of the molecule is CC(C)(C)SCCNS(=O)(=O)c1ccc(N2CCCC2=O)cc1. The largest absolute Gasteiger partial charge is 0.312 e. The summed E-state index contributed by atoms with van der Waals surface area (Å²) in [6.45, 7) is 7.41. The van der Waals surface area contributed by atoms with Crippen molar-refractivity contribution in [1.29, 1.82) is 0 Å². The maximum atomic E-state index is 12.3. The lowest BCUT2D eigenvalue weighted by Gasteiger charge is -2.18. The van der Waals surface area contributed by atoms with Gasteiger partial charge in [0, 0.05) is 35.7 Å². The Hall–Kier alpha value is -1.05. The summed E-state index contributed by atoms with van der Waals surface area (Å²) >= 11 is 1.72. The molecule has 1 aliphatic heterocycles. The first kappa shape index (κ1) is 18.3. The van der Waals surface area contributed by atoms with E-state index in [2.05, 4.69) is 25.5 Å². The molecule has 0 aliphatic carbocycles. The Labute approximate surface area is 142 Å². The minimum absolute atomic E-state index is 0.0953. The molecule has 1 aliphatic rings. The molecule has 0 unspecified atom stereocenters. The fraction of sp³-hybridized carbons (Fsp3) is 0.562. The van der Waals surface area contributed by atoms with Crippen molar-refractivity contribution in [3.63, 3.8) is 0 Å². The zero-order valence-electron chi connectivity index (χ0n) is 13.8. The van der Waals surface area contributed by atoms with Crippen LogP contribution >= 0.6 is 11.8 Å². The molecule has 1 fully saturated rings. The molecule has 1 saturated heterocycles. The number of nitrogens with zero attached hydrogens (tertiary/aromatic N) is 1. The van der Waals surface area contributed by atoms with E-state index in [0.29, 0.717) is 19.5 Å². The Morgan fingerprint density at radius 3 is 2.39 bits per heavy atom. The second kappa shape index (κ2) is 7.23. The van der Waals surface area contributed by atoms with E-state index >= 15 is 0 Å². The quantitative estimate of drug-likeness (QED) is 0.796. The first-order valence-electron chi connectivity index (χ1n) is 7.73. The van der Waals surface area contributed by atoms with Crippen LogP contribution in [0.4, 0.5) is 5.69 Å². The van der Waals surface area contributed by atoms with Crippen LogP contribution in [0.15, 0.2) is 29.2 Å². The average molecular weight is 357 g/mol. The van der Waals surface area contributed by atoms with E-state index in [0.717, 1.165) is 17.9 Å². The number of nitrogens with one attached hydrogen (secondary N) is 1. The van der Waals surface area contributed by atoms with Crippen molar-refractivity contribution in [1.82, 2.24) is 4.72 Å². The van der Waals surface area contributed by atoms with Crippen LogP contribution in [-0.2, 0) is 14.8 Å². The third-order valence-corrected chi connectivity index (χ3v) is 6.21. The summed E-state index contributed by atoms with van der Waals surface area (Å²) in [7, 11) is -3.50. The molecule has 1 aromatic carbocycles. The number of sulfonamides is 1. The molecule has 0 spiro atoms.